The van der Waals surface area contributed by atoms with Crippen LogP contribution in [0.15, 0.2) is 36.9 Å². The lowest BCUT2D eigenvalue weighted by Gasteiger charge is -2.07. The van der Waals surface area contributed by atoms with E-state index >= 15 is 0 Å². The molecule has 0 spiro atoms. The van der Waals surface area contributed by atoms with Crippen LogP contribution < -0.4 is 15.6 Å². The largest absolute Gasteiger partial charge is 0.399 e. The van der Waals surface area contributed by atoms with Crippen LogP contribution in [0.3, 0.4) is 0 Å². The molecule has 0 unspecified atom stereocenters. The number of anilines is 2. The van der Waals surface area contributed by atoms with E-state index in [-0.39, 0.29) is 0 Å². The van der Waals surface area contributed by atoms with Crippen LogP contribution in [0.4, 0.5) is 11.4 Å². The zero-order chi connectivity index (χ0) is 13.0. The number of nitrogens with two attached hydrogens (primary N) is 1. The standard InChI is InChI=1S/C14H21N4/c1-12-10-13(4-5-14(12)15)16-6-3-7-18-9-8-17(2)11-18/h4-5,8-11,16H,3,6-7,15H2,1-2H3/q+1. The van der Waals surface area contributed by atoms with Gasteiger partial charge in [-0.2, -0.15) is 0 Å². The van der Waals surface area contributed by atoms with Crippen molar-refractivity contribution in [2.75, 3.05) is 17.6 Å². The highest BCUT2D eigenvalue weighted by Gasteiger charge is 2.00. The molecule has 0 aliphatic rings. The summed E-state index contributed by atoms with van der Waals surface area (Å²) in [6.45, 7) is 4.02. The second-order valence-electron chi connectivity index (χ2n) is 4.67. The first-order valence-corrected chi connectivity index (χ1v) is 6.26. The van der Waals surface area contributed by atoms with Crippen LogP contribution in [0.5, 0.6) is 0 Å². The smallest absolute Gasteiger partial charge is 0.243 e. The molecule has 0 aliphatic heterocycles. The molecule has 0 fully saturated rings. The number of nitrogens with zero attached hydrogens (tertiary/aromatic N) is 2. The number of hydrogen-bond acceptors (Lipinski definition) is 2. The van der Waals surface area contributed by atoms with Gasteiger partial charge in [-0.05, 0) is 30.7 Å². The first-order chi connectivity index (χ1) is 8.65. The molecule has 1 heterocycles. The van der Waals surface area contributed by atoms with Gasteiger partial charge in [-0.1, -0.05) is 0 Å². The minimum atomic E-state index is 0.848. The van der Waals surface area contributed by atoms with Crippen LogP contribution in [0.25, 0.3) is 0 Å². The molecule has 96 valence electrons. The molecule has 18 heavy (non-hydrogen) atoms. The average molecular weight is 245 g/mol. The number of nitrogen functional groups attached to an aromatic ring is 1. The minimum absolute atomic E-state index is 0.848. The van der Waals surface area contributed by atoms with Crippen molar-refractivity contribution in [3.8, 4) is 0 Å². The molecular weight excluding hydrogens is 224 g/mol. The van der Waals surface area contributed by atoms with Gasteiger partial charge in [0.05, 0.1) is 13.6 Å². The van der Waals surface area contributed by atoms with Gasteiger partial charge in [0, 0.05) is 24.3 Å². The van der Waals surface area contributed by atoms with Gasteiger partial charge in [0.25, 0.3) is 0 Å². The van der Waals surface area contributed by atoms with Crippen molar-refractivity contribution in [1.29, 1.82) is 0 Å². The fourth-order valence-electron chi connectivity index (χ4n) is 1.91. The molecule has 0 radical (unpaired) electrons. The van der Waals surface area contributed by atoms with Crippen molar-refractivity contribution >= 4 is 11.4 Å². The van der Waals surface area contributed by atoms with E-state index in [1.807, 2.05) is 26.1 Å². The lowest BCUT2D eigenvalue weighted by atomic mass is 10.2. The lowest BCUT2D eigenvalue weighted by Crippen LogP contribution is -2.23. The molecule has 4 nitrogen and oxygen atoms in total. The third-order valence-corrected chi connectivity index (χ3v) is 3.02. The highest BCUT2D eigenvalue weighted by molar-refractivity contribution is 5.56. The summed E-state index contributed by atoms with van der Waals surface area (Å²) in [5.41, 5.74) is 8.90. The van der Waals surface area contributed by atoms with Crippen molar-refractivity contribution in [3.63, 3.8) is 0 Å². The van der Waals surface area contributed by atoms with Gasteiger partial charge in [0.15, 0.2) is 0 Å². The van der Waals surface area contributed by atoms with Crippen molar-refractivity contribution < 1.29 is 4.57 Å². The summed E-state index contributed by atoms with van der Waals surface area (Å²) >= 11 is 0. The Hall–Kier alpha value is -1.97. The van der Waals surface area contributed by atoms with E-state index in [9.17, 15) is 0 Å². The Labute approximate surface area is 108 Å². The van der Waals surface area contributed by atoms with E-state index in [0.29, 0.717) is 0 Å². The number of benzene rings is 1. The molecule has 2 aromatic rings. The molecule has 3 N–H and O–H groups in total. The summed E-state index contributed by atoms with van der Waals surface area (Å²) in [5, 5.41) is 3.41. The Morgan fingerprint density at radius 2 is 2.22 bits per heavy atom. The van der Waals surface area contributed by atoms with Gasteiger partial charge in [-0.3, -0.25) is 0 Å². The Kier molecular flexibility index (Phi) is 3.87. The number of imidazole rings is 1. The fourth-order valence-corrected chi connectivity index (χ4v) is 1.91. The van der Waals surface area contributed by atoms with E-state index in [2.05, 4.69) is 39.2 Å². The van der Waals surface area contributed by atoms with E-state index in [4.69, 9.17) is 5.73 Å². The predicted molar refractivity (Wildman–Crippen MR) is 74.3 cm³/mol. The quantitative estimate of drug-likeness (QED) is 0.478. The second kappa shape index (κ2) is 5.58. The first-order valence-electron chi connectivity index (χ1n) is 6.26. The molecule has 2 rings (SSSR count). The van der Waals surface area contributed by atoms with Crippen molar-refractivity contribution in [2.45, 2.75) is 19.9 Å². The molecule has 0 atom stereocenters. The summed E-state index contributed by atoms with van der Waals surface area (Å²) in [4.78, 5) is 0. The van der Waals surface area contributed by atoms with Gasteiger partial charge in [-0.15, -0.1) is 0 Å². The summed E-state index contributed by atoms with van der Waals surface area (Å²) in [7, 11) is 2.03. The van der Waals surface area contributed by atoms with Crippen LogP contribution in [-0.2, 0) is 13.6 Å². The number of nitrogens with one attached hydrogen (secondary N) is 1. The third-order valence-electron chi connectivity index (χ3n) is 3.02. The van der Waals surface area contributed by atoms with E-state index < -0.39 is 0 Å². The zero-order valence-electron chi connectivity index (χ0n) is 11.1. The molecule has 0 aliphatic carbocycles. The van der Waals surface area contributed by atoms with Gasteiger partial charge >= 0.3 is 0 Å². The minimum Gasteiger partial charge on any atom is -0.399 e. The highest BCUT2D eigenvalue weighted by Crippen LogP contribution is 2.16. The molecule has 0 amide bonds. The Morgan fingerprint density at radius 1 is 1.39 bits per heavy atom. The third kappa shape index (κ3) is 3.26. The van der Waals surface area contributed by atoms with Gasteiger partial charge < -0.3 is 11.1 Å². The van der Waals surface area contributed by atoms with Crippen LogP contribution >= 0.6 is 0 Å². The van der Waals surface area contributed by atoms with Gasteiger partial charge in [-0.25, -0.2) is 9.13 Å². The molecule has 0 saturated carbocycles. The topological polar surface area (TPSA) is 46.9 Å². The maximum absolute atomic E-state index is 5.79. The lowest BCUT2D eigenvalue weighted by molar-refractivity contribution is -0.671. The normalized spacial score (nSPS) is 10.6. The second-order valence-corrected chi connectivity index (χ2v) is 4.67. The Bertz CT molecular complexity index is 516. The van der Waals surface area contributed by atoms with Crippen LogP contribution in [-0.4, -0.2) is 11.1 Å². The van der Waals surface area contributed by atoms with Crippen molar-refractivity contribution in [1.82, 2.24) is 4.57 Å². The predicted octanol–water partition coefficient (Wildman–Crippen LogP) is 1.71. The zero-order valence-corrected chi connectivity index (χ0v) is 11.1. The maximum atomic E-state index is 5.79. The summed E-state index contributed by atoms with van der Waals surface area (Å²) in [6, 6.07) is 6.06. The summed E-state index contributed by atoms with van der Waals surface area (Å²) < 4.78 is 4.24. The van der Waals surface area contributed by atoms with E-state index in [1.54, 1.807) is 0 Å². The summed E-state index contributed by atoms with van der Waals surface area (Å²) in [6.07, 6.45) is 7.33. The highest BCUT2D eigenvalue weighted by atomic mass is 15.1. The first kappa shape index (κ1) is 12.5. The van der Waals surface area contributed by atoms with E-state index in [1.165, 1.54) is 0 Å². The fraction of sp³-hybridized carbons (Fsp3) is 0.357. The van der Waals surface area contributed by atoms with Crippen molar-refractivity contribution in [3.05, 3.63) is 42.5 Å². The molecule has 4 heteroatoms. The Balaban J connectivity index is 1.76. The average Bonchev–Trinajstić information content (AvgIpc) is 2.75. The Morgan fingerprint density at radius 3 is 2.89 bits per heavy atom. The van der Waals surface area contributed by atoms with Crippen LogP contribution in [0.1, 0.15) is 12.0 Å². The maximum Gasteiger partial charge on any atom is 0.243 e. The molecular formula is C14H21N4+. The van der Waals surface area contributed by atoms with Gasteiger partial charge in [0.2, 0.25) is 6.33 Å². The molecule has 0 bridgehead atoms. The van der Waals surface area contributed by atoms with E-state index in [0.717, 1.165) is 36.4 Å². The van der Waals surface area contributed by atoms with Crippen LogP contribution in [0, 0.1) is 6.92 Å². The van der Waals surface area contributed by atoms with Gasteiger partial charge in [0.1, 0.15) is 12.4 Å². The van der Waals surface area contributed by atoms with Crippen LogP contribution in [0.2, 0.25) is 0 Å². The molecule has 0 saturated heterocycles. The molecule has 1 aromatic heterocycles. The number of aryl methyl sites for hydroxylation is 3. The number of hydrogen-bond donors (Lipinski definition) is 2. The monoisotopic (exact) mass is 245 g/mol. The number of rotatable bonds is 5. The summed E-state index contributed by atoms with van der Waals surface area (Å²) in [5.74, 6) is 0. The van der Waals surface area contributed by atoms with Crippen molar-refractivity contribution in [2.24, 2.45) is 7.05 Å². The number of aromatic nitrogens is 2. The SMILES string of the molecule is Cc1cc(NCCCn2cc[n+](C)c2)ccc1N. The molecule has 1 aromatic carbocycles.